The number of nitrogens with zero attached hydrogens (tertiary/aromatic N) is 4. The molecular weight excluding hydrogens is 418 g/mol. The van der Waals surface area contributed by atoms with Crippen molar-refractivity contribution in [2.75, 3.05) is 50.8 Å². The predicted octanol–water partition coefficient (Wildman–Crippen LogP) is 2.93. The maximum Gasteiger partial charge on any atom is 0.339 e. The third-order valence-electron chi connectivity index (χ3n) is 6.53. The Morgan fingerprint density at radius 2 is 1.85 bits per heavy atom. The molecule has 2 aliphatic heterocycles. The molecule has 0 radical (unpaired) electrons. The fraction of sp³-hybridized carbons (Fsp3) is 0.480. The number of anilines is 1. The van der Waals surface area contributed by atoms with Gasteiger partial charge < -0.3 is 19.9 Å². The van der Waals surface area contributed by atoms with E-state index in [4.69, 9.17) is 4.74 Å². The van der Waals surface area contributed by atoms with Gasteiger partial charge in [0.25, 0.3) is 0 Å². The second-order valence-corrected chi connectivity index (χ2v) is 8.62. The van der Waals surface area contributed by atoms with Crippen LogP contribution in [0.5, 0.6) is 0 Å². The Bertz CT molecular complexity index is 929. The normalized spacial score (nSPS) is 19.9. The third-order valence-corrected chi connectivity index (χ3v) is 6.53. The zero-order chi connectivity index (χ0) is 23.2. The molecule has 8 heteroatoms. The van der Waals surface area contributed by atoms with Gasteiger partial charge in [0, 0.05) is 57.5 Å². The van der Waals surface area contributed by atoms with Crippen LogP contribution >= 0.6 is 0 Å². The summed E-state index contributed by atoms with van der Waals surface area (Å²) in [6.45, 7) is 8.92. The molecule has 2 aromatic rings. The van der Waals surface area contributed by atoms with Crippen LogP contribution in [-0.2, 0) is 4.74 Å². The Morgan fingerprint density at radius 1 is 1.09 bits per heavy atom. The van der Waals surface area contributed by atoms with Crippen LogP contribution in [0.3, 0.4) is 0 Å². The summed E-state index contributed by atoms with van der Waals surface area (Å²) in [5.41, 5.74) is 1.76. The lowest BCUT2D eigenvalue weighted by atomic mass is 10.1. The fourth-order valence-corrected chi connectivity index (χ4v) is 4.51. The average molecular weight is 452 g/mol. The molecule has 1 aromatic carbocycles. The van der Waals surface area contributed by atoms with E-state index in [0.717, 1.165) is 25.3 Å². The van der Waals surface area contributed by atoms with E-state index in [9.17, 15) is 9.59 Å². The topological polar surface area (TPSA) is 78.0 Å². The predicted molar refractivity (Wildman–Crippen MR) is 127 cm³/mol. The van der Waals surface area contributed by atoms with E-state index in [2.05, 4.69) is 51.3 Å². The monoisotopic (exact) mass is 451 g/mol. The minimum Gasteiger partial charge on any atom is -0.462 e. The van der Waals surface area contributed by atoms with E-state index in [1.807, 2.05) is 17.0 Å². The molecule has 2 fully saturated rings. The number of hydrogen-bond acceptors (Lipinski definition) is 6. The number of pyridine rings is 1. The Hall–Kier alpha value is -3.13. The van der Waals surface area contributed by atoms with E-state index in [1.165, 1.54) is 5.56 Å². The highest BCUT2D eigenvalue weighted by Gasteiger charge is 2.30. The van der Waals surface area contributed by atoms with Crippen LogP contribution < -0.4 is 10.2 Å². The van der Waals surface area contributed by atoms with Gasteiger partial charge in [-0.05, 0) is 38.0 Å². The number of piperazine rings is 1. The smallest absolute Gasteiger partial charge is 0.339 e. The van der Waals surface area contributed by atoms with Crippen molar-refractivity contribution in [1.82, 2.24) is 20.1 Å². The van der Waals surface area contributed by atoms with Gasteiger partial charge in [0.05, 0.1) is 12.2 Å². The van der Waals surface area contributed by atoms with Crippen LogP contribution in [0.2, 0.25) is 0 Å². The number of carbonyl (C=O) groups is 2. The van der Waals surface area contributed by atoms with Gasteiger partial charge in [-0.2, -0.15) is 0 Å². The number of likely N-dealkylation sites (tertiary alicyclic amines) is 1. The van der Waals surface area contributed by atoms with Crippen molar-refractivity contribution in [1.29, 1.82) is 0 Å². The molecule has 0 spiro atoms. The summed E-state index contributed by atoms with van der Waals surface area (Å²) in [6, 6.07) is 14.6. The van der Waals surface area contributed by atoms with Crippen LogP contribution in [0, 0.1) is 0 Å². The minimum atomic E-state index is -0.360. The lowest BCUT2D eigenvalue weighted by Crippen LogP contribution is -2.54. The number of carbonyl (C=O) groups excluding carboxylic acids is 2. The van der Waals surface area contributed by atoms with Crippen molar-refractivity contribution in [3.63, 3.8) is 0 Å². The molecule has 176 valence electrons. The molecule has 0 bridgehead atoms. The molecular formula is C25H33N5O3. The molecule has 2 amide bonds. The van der Waals surface area contributed by atoms with Crippen molar-refractivity contribution in [2.24, 2.45) is 0 Å². The zero-order valence-electron chi connectivity index (χ0n) is 19.4. The molecule has 2 aliphatic rings. The van der Waals surface area contributed by atoms with Gasteiger partial charge in [-0.25, -0.2) is 14.6 Å². The number of amides is 2. The van der Waals surface area contributed by atoms with Gasteiger partial charge in [0.15, 0.2) is 0 Å². The van der Waals surface area contributed by atoms with Crippen LogP contribution in [0.25, 0.3) is 0 Å². The first-order chi connectivity index (χ1) is 16.0. The number of ether oxygens (including phenoxy) is 1. The summed E-state index contributed by atoms with van der Waals surface area (Å²) < 4.78 is 5.00. The maximum atomic E-state index is 12.8. The van der Waals surface area contributed by atoms with Gasteiger partial charge in [-0.3, -0.25) is 4.90 Å². The molecule has 0 saturated carbocycles. The number of rotatable bonds is 6. The zero-order valence-corrected chi connectivity index (χ0v) is 19.4. The highest BCUT2D eigenvalue weighted by Crippen LogP contribution is 2.24. The Morgan fingerprint density at radius 3 is 2.52 bits per heavy atom. The summed E-state index contributed by atoms with van der Waals surface area (Å²) in [5.74, 6) is 0.450. The van der Waals surface area contributed by atoms with Gasteiger partial charge in [-0.15, -0.1) is 0 Å². The first kappa shape index (κ1) is 23.0. The first-order valence-electron chi connectivity index (χ1n) is 11.8. The maximum absolute atomic E-state index is 12.8. The number of urea groups is 1. The van der Waals surface area contributed by atoms with Crippen molar-refractivity contribution in [3.8, 4) is 0 Å². The van der Waals surface area contributed by atoms with Crippen molar-refractivity contribution in [3.05, 3.63) is 59.8 Å². The highest BCUT2D eigenvalue weighted by molar-refractivity contribution is 5.89. The molecule has 2 unspecified atom stereocenters. The van der Waals surface area contributed by atoms with Crippen LogP contribution in [-0.4, -0.2) is 78.7 Å². The lowest BCUT2D eigenvalue weighted by Gasteiger charge is -2.36. The van der Waals surface area contributed by atoms with Crippen molar-refractivity contribution < 1.29 is 14.3 Å². The number of aromatic nitrogens is 1. The van der Waals surface area contributed by atoms with Gasteiger partial charge >= 0.3 is 12.0 Å². The van der Waals surface area contributed by atoms with Crippen molar-refractivity contribution >= 4 is 17.8 Å². The molecule has 33 heavy (non-hydrogen) atoms. The summed E-state index contributed by atoms with van der Waals surface area (Å²) in [5, 5.41) is 3.23. The average Bonchev–Trinajstić information content (AvgIpc) is 3.33. The molecule has 4 rings (SSSR count). The summed E-state index contributed by atoms with van der Waals surface area (Å²) in [7, 11) is 0. The SMILES string of the molecule is CCOC(=O)c1ccc(N2CCN(C(=O)NC3CCN(C(C)c4ccccc4)C3)CC2)nc1. The summed E-state index contributed by atoms with van der Waals surface area (Å²) >= 11 is 0. The molecule has 2 saturated heterocycles. The minimum absolute atomic E-state index is 0.0134. The molecule has 0 aliphatic carbocycles. The summed E-state index contributed by atoms with van der Waals surface area (Å²) in [6.07, 6.45) is 2.52. The fourth-order valence-electron chi connectivity index (χ4n) is 4.51. The second kappa shape index (κ2) is 10.7. The standard InChI is InChI=1S/C25H33N5O3/c1-3-33-24(31)21-9-10-23(26-17-21)28-13-15-29(16-14-28)25(32)27-22-11-12-30(18-22)19(2)20-7-5-4-6-8-20/h4-10,17,19,22H,3,11-16,18H2,1-2H3,(H,27,32). The molecule has 3 heterocycles. The van der Waals surface area contributed by atoms with Crippen LogP contribution in [0.15, 0.2) is 48.7 Å². The van der Waals surface area contributed by atoms with E-state index < -0.39 is 0 Å². The summed E-state index contributed by atoms with van der Waals surface area (Å²) in [4.78, 5) is 35.5. The lowest BCUT2D eigenvalue weighted by molar-refractivity contribution is 0.0526. The van der Waals surface area contributed by atoms with Crippen LogP contribution in [0.4, 0.5) is 10.6 Å². The first-order valence-corrected chi connectivity index (χ1v) is 11.8. The molecule has 2 atom stereocenters. The molecule has 1 N–H and O–H groups in total. The molecule has 8 nitrogen and oxygen atoms in total. The second-order valence-electron chi connectivity index (χ2n) is 8.62. The Kier molecular flexibility index (Phi) is 7.44. The van der Waals surface area contributed by atoms with E-state index >= 15 is 0 Å². The van der Waals surface area contributed by atoms with Gasteiger partial charge in [-0.1, -0.05) is 30.3 Å². The van der Waals surface area contributed by atoms with E-state index in [1.54, 1.807) is 19.2 Å². The number of esters is 1. The van der Waals surface area contributed by atoms with E-state index in [0.29, 0.717) is 44.4 Å². The quantitative estimate of drug-likeness (QED) is 0.681. The van der Waals surface area contributed by atoms with Gasteiger partial charge in [0.1, 0.15) is 5.82 Å². The third kappa shape index (κ3) is 5.63. The number of benzene rings is 1. The largest absolute Gasteiger partial charge is 0.462 e. The molecule has 1 aromatic heterocycles. The number of nitrogens with one attached hydrogen (secondary N) is 1. The highest BCUT2D eigenvalue weighted by atomic mass is 16.5. The number of hydrogen-bond donors (Lipinski definition) is 1. The van der Waals surface area contributed by atoms with Crippen molar-refractivity contribution in [2.45, 2.75) is 32.4 Å². The van der Waals surface area contributed by atoms with E-state index in [-0.39, 0.29) is 18.0 Å². The Labute approximate surface area is 195 Å². The van der Waals surface area contributed by atoms with Crippen LogP contribution in [0.1, 0.15) is 42.2 Å². The Balaban J connectivity index is 1.23. The van der Waals surface area contributed by atoms with Gasteiger partial charge in [0.2, 0.25) is 0 Å².